The molecule has 0 saturated heterocycles. The van der Waals surface area contributed by atoms with Gasteiger partial charge >= 0.3 is 5.97 Å². The highest BCUT2D eigenvalue weighted by Crippen LogP contribution is 2.34. The molecule has 0 saturated carbocycles. The zero-order chi connectivity index (χ0) is 15.0. The first kappa shape index (κ1) is 16.9. The van der Waals surface area contributed by atoms with Crippen molar-refractivity contribution in [2.75, 3.05) is 20.0 Å². The van der Waals surface area contributed by atoms with Gasteiger partial charge in [-0.15, -0.1) is 0 Å². The average Bonchev–Trinajstić information content (AvgIpc) is 2.50. The molecular weight excluding hydrogens is 274 g/mol. The molecule has 0 spiro atoms. The number of methoxy groups -OCH3 is 2. The van der Waals surface area contributed by atoms with Crippen LogP contribution in [0.5, 0.6) is 5.75 Å². The summed E-state index contributed by atoms with van der Waals surface area (Å²) in [5.41, 5.74) is 7.35. The van der Waals surface area contributed by atoms with Gasteiger partial charge in [-0.3, -0.25) is 4.79 Å². The van der Waals surface area contributed by atoms with Crippen molar-refractivity contribution in [1.29, 1.82) is 0 Å². The molecule has 0 aliphatic heterocycles. The fraction of sp³-hybridized carbons (Fsp3) is 0.533. The third-order valence-corrected chi connectivity index (χ3v) is 4.53. The standard InChI is InChI=1S/C15H23NO3S/c1-4-13(16)15(20-9-8-14(17)19-3)11-6-5-7-12(10-11)18-2/h5-7,10,13,15H,4,8-9,16H2,1-3H3. The summed E-state index contributed by atoms with van der Waals surface area (Å²) in [5, 5.41) is 0.153. The first-order valence-electron chi connectivity index (χ1n) is 6.70. The van der Waals surface area contributed by atoms with Gasteiger partial charge in [0.2, 0.25) is 0 Å². The molecule has 5 heteroatoms. The van der Waals surface area contributed by atoms with E-state index in [0.717, 1.165) is 17.7 Å². The number of ether oxygens (including phenoxy) is 2. The van der Waals surface area contributed by atoms with Gasteiger partial charge in [-0.2, -0.15) is 11.8 Å². The maximum atomic E-state index is 11.2. The van der Waals surface area contributed by atoms with Crippen LogP contribution in [0.1, 0.15) is 30.6 Å². The molecule has 1 rings (SSSR count). The summed E-state index contributed by atoms with van der Waals surface area (Å²) >= 11 is 1.69. The Labute approximate surface area is 125 Å². The molecule has 0 aliphatic rings. The van der Waals surface area contributed by atoms with E-state index < -0.39 is 0 Å². The van der Waals surface area contributed by atoms with Gasteiger partial charge in [-0.1, -0.05) is 19.1 Å². The molecule has 1 aromatic carbocycles. The molecule has 0 amide bonds. The zero-order valence-corrected chi connectivity index (χ0v) is 13.1. The Morgan fingerprint density at radius 1 is 1.40 bits per heavy atom. The van der Waals surface area contributed by atoms with E-state index in [1.54, 1.807) is 18.9 Å². The lowest BCUT2D eigenvalue weighted by Crippen LogP contribution is -2.26. The lowest BCUT2D eigenvalue weighted by Gasteiger charge is -2.23. The number of benzene rings is 1. The zero-order valence-electron chi connectivity index (χ0n) is 12.3. The summed E-state index contributed by atoms with van der Waals surface area (Å²) in [7, 11) is 3.06. The quantitative estimate of drug-likeness (QED) is 0.748. The maximum Gasteiger partial charge on any atom is 0.306 e. The van der Waals surface area contributed by atoms with Crippen molar-refractivity contribution in [3.8, 4) is 5.75 Å². The lowest BCUT2D eigenvalue weighted by atomic mass is 10.0. The highest BCUT2D eigenvalue weighted by atomic mass is 32.2. The fourth-order valence-corrected chi connectivity index (χ4v) is 3.19. The summed E-state index contributed by atoms with van der Waals surface area (Å²) in [6, 6.07) is 7.98. The Morgan fingerprint density at radius 2 is 2.15 bits per heavy atom. The molecule has 20 heavy (non-hydrogen) atoms. The van der Waals surface area contributed by atoms with E-state index in [4.69, 9.17) is 10.5 Å². The van der Waals surface area contributed by atoms with Crippen molar-refractivity contribution in [2.24, 2.45) is 5.73 Å². The van der Waals surface area contributed by atoms with E-state index in [0.29, 0.717) is 12.2 Å². The lowest BCUT2D eigenvalue weighted by molar-refractivity contribution is -0.140. The Balaban J connectivity index is 2.75. The van der Waals surface area contributed by atoms with Crippen LogP contribution in [-0.2, 0) is 9.53 Å². The fourth-order valence-electron chi connectivity index (χ4n) is 1.87. The van der Waals surface area contributed by atoms with Crippen LogP contribution in [0, 0.1) is 0 Å². The van der Waals surface area contributed by atoms with Gasteiger partial charge in [0.25, 0.3) is 0 Å². The van der Waals surface area contributed by atoms with Gasteiger partial charge in [0.1, 0.15) is 5.75 Å². The van der Waals surface area contributed by atoms with Crippen molar-refractivity contribution in [2.45, 2.75) is 31.1 Å². The monoisotopic (exact) mass is 297 g/mol. The van der Waals surface area contributed by atoms with Crippen molar-refractivity contribution in [1.82, 2.24) is 0 Å². The predicted molar refractivity (Wildman–Crippen MR) is 83.1 cm³/mol. The molecule has 2 N–H and O–H groups in total. The highest BCUT2D eigenvalue weighted by Gasteiger charge is 2.20. The van der Waals surface area contributed by atoms with Crippen molar-refractivity contribution in [3.05, 3.63) is 29.8 Å². The second kappa shape index (κ2) is 8.87. The third kappa shape index (κ3) is 5.06. The van der Waals surface area contributed by atoms with E-state index in [9.17, 15) is 4.79 Å². The topological polar surface area (TPSA) is 61.6 Å². The van der Waals surface area contributed by atoms with Gasteiger partial charge in [-0.25, -0.2) is 0 Å². The summed E-state index contributed by atoms with van der Waals surface area (Å²) < 4.78 is 9.91. The Morgan fingerprint density at radius 3 is 2.75 bits per heavy atom. The van der Waals surface area contributed by atoms with Gasteiger partial charge in [0, 0.05) is 17.0 Å². The summed E-state index contributed by atoms with van der Waals surface area (Å²) in [6.07, 6.45) is 1.28. The highest BCUT2D eigenvalue weighted by molar-refractivity contribution is 7.99. The largest absolute Gasteiger partial charge is 0.497 e. The third-order valence-electron chi connectivity index (χ3n) is 3.11. The molecule has 0 radical (unpaired) electrons. The minimum absolute atomic E-state index is 0.0461. The number of rotatable bonds is 8. The molecule has 0 aromatic heterocycles. The summed E-state index contributed by atoms with van der Waals surface area (Å²) in [5.74, 6) is 1.33. The molecule has 112 valence electrons. The Bertz CT molecular complexity index is 425. The normalized spacial score (nSPS) is 13.6. The average molecular weight is 297 g/mol. The number of esters is 1. The Kier molecular flexibility index (Phi) is 7.47. The predicted octanol–water partition coefficient (Wildman–Crippen LogP) is 2.77. The van der Waals surface area contributed by atoms with E-state index in [1.807, 2.05) is 24.3 Å². The molecule has 0 fully saturated rings. The van der Waals surface area contributed by atoms with Crippen molar-refractivity contribution < 1.29 is 14.3 Å². The molecule has 0 heterocycles. The molecule has 1 aromatic rings. The van der Waals surface area contributed by atoms with Crippen molar-refractivity contribution in [3.63, 3.8) is 0 Å². The van der Waals surface area contributed by atoms with Crippen LogP contribution in [0.15, 0.2) is 24.3 Å². The minimum atomic E-state index is -0.188. The van der Waals surface area contributed by atoms with Crippen LogP contribution in [-0.4, -0.2) is 32.0 Å². The van der Waals surface area contributed by atoms with Crippen LogP contribution in [0.25, 0.3) is 0 Å². The van der Waals surface area contributed by atoms with Gasteiger partial charge in [-0.05, 0) is 24.1 Å². The molecule has 2 unspecified atom stereocenters. The second-order valence-electron chi connectivity index (χ2n) is 4.47. The SMILES string of the molecule is CCC(N)C(SCCC(=O)OC)c1cccc(OC)c1. The van der Waals surface area contributed by atoms with Crippen LogP contribution in [0.2, 0.25) is 0 Å². The van der Waals surface area contributed by atoms with Crippen LogP contribution in [0.4, 0.5) is 0 Å². The second-order valence-corrected chi connectivity index (χ2v) is 5.72. The van der Waals surface area contributed by atoms with Gasteiger partial charge in [0.05, 0.1) is 20.6 Å². The molecular formula is C15H23NO3S. The van der Waals surface area contributed by atoms with Gasteiger partial charge < -0.3 is 15.2 Å². The first-order valence-corrected chi connectivity index (χ1v) is 7.75. The smallest absolute Gasteiger partial charge is 0.306 e. The van der Waals surface area contributed by atoms with E-state index in [2.05, 4.69) is 11.7 Å². The summed E-state index contributed by atoms with van der Waals surface area (Å²) in [4.78, 5) is 11.2. The molecule has 0 bridgehead atoms. The van der Waals surface area contributed by atoms with Crippen molar-refractivity contribution >= 4 is 17.7 Å². The number of nitrogens with two attached hydrogens (primary N) is 1. The van der Waals surface area contributed by atoms with Crippen LogP contribution in [0.3, 0.4) is 0 Å². The number of thioether (sulfide) groups is 1. The van der Waals surface area contributed by atoms with Gasteiger partial charge in [0.15, 0.2) is 0 Å². The van der Waals surface area contributed by atoms with E-state index in [-0.39, 0.29) is 17.3 Å². The molecule has 0 aliphatic carbocycles. The van der Waals surface area contributed by atoms with Crippen LogP contribution >= 0.6 is 11.8 Å². The van der Waals surface area contributed by atoms with E-state index >= 15 is 0 Å². The first-order chi connectivity index (χ1) is 9.62. The maximum absolute atomic E-state index is 11.2. The van der Waals surface area contributed by atoms with Crippen LogP contribution < -0.4 is 10.5 Å². The molecule has 2 atom stereocenters. The number of hydrogen-bond acceptors (Lipinski definition) is 5. The summed E-state index contributed by atoms with van der Waals surface area (Å²) in [6.45, 7) is 2.07. The van der Waals surface area contributed by atoms with E-state index in [1.165, 1.54) is 7.11 Å². The number of carbonyl (C=O) groups excluding carboxylic acids is 1. The molecule has 4 nitrogen and oxygen atoms in total. The minimum Gasteiger partial charge on any atom is -0.497 e. The Hall–Kier alpha value is -1.20. The number of hydrogen-bond donors (Lipinski definition) is 1. The number of carbonyl (C=O) groups is 1.